The molecule has 0 aromatic rings. The molecule has 0 saturated carbocycles. The second-order valence-corrected chi connectivity index (χ2v) is 8.10. The highest BCUT2D eigenvalue weighted by atomic mass is 35.5. The Morgan fingerprint density at radius 3 is 1.30 bits per heavy atom. The summed E-state index contributed by atoms with van der Waals surface area (Å²) in [5, 5.41) is 21.3. The predicted octanol–water partition coefficient (Wildman–Crippen LogP) is 3.05. The van der Waals surface area contributed by atoms with E-state index in [0.717, 1.165) is 11.1 Å². The number of rotatable bonds is 7. The van der Waals surface area contributed by atoms with Crippen LogP contribution in [0.3, 0.4) is 0 Å². The van der Waals surface area contributed by atoms with Crippen LogP contribution in [0.15, 0.2) is 22.3 Å². The number of amides is 2. The molecule has 8 nitrogen and oxygen atoms in total. The SMILES string of the molecule is CC1=C(C(=O)NCCCCNC(=O)C2=C(C)C(C)(C)OC2=N)C(=N)OC1(C)C.Cl.Cl. The Balaban J connectivity index is 0.00000420. The lowest BCUT2D eigenvalue weighted by atomic mass is 9.97. The van der Waals surface area contributed by atoms with Gasteiger partial charge < -0.3 is 20.1 Å². The Labute approximate surface area is 190 Å². The molecule has 30 heavy (non-hydrogen) atoms. The molecule has 0 unspecified atom stereocenters. The van der Waals surface area contributed by atoms with Gasteiger partial charge in [-0.1, -0.05) is 0 Å². The van der Waals surface area contributed by atoms with Crippen molar-refractivity contribution in [2.75, 3.05) is 13.1 Å². The zero-order valence-electron chi connectivity index (χ0n) is 18.3. The summed E-state index contributed by atoms with van der Waals surface area (Å²) in [6, 6.07) is 0. The van der Waals surface area contributed by atoms with Crippen LogP contribution in [0.4, 0.5) is 0 Å². The van der Waals surface area contributed by atoms with Gasteiger partial charge in [-0.25, -0.2) is 0 Å². The fourth-order valence-electron chi connectivity index (χ4n) is 3.09. The molecule has 170 valence electrons. The minimum Gasteiger partial charge on any atom is -0.467 e. The Morgan fingerprint density at radius 2 is 1.07 bits per heavy atom. The van der Waals surface area contributed by atoms with Crippen molar-refractivity contribution in [2.45, 2.75) is 65.6 Å². The molecule has 0 fully saturated rings. The van der Waals surface area contributed by atoms with Gasteiger partial charge in [-0.3, -0.25) is 20.4 Å². The number of unbranched alkanes of at least 4 members (excludes halogenated alkanes) is 1. The van der Waals surface area contributed by atoms with E-state index in [0.29, 0.717) is 37.1 Å². The van der Waals surface area contributed by atoms with E-state index in [1.165, 1.54) is 0 Å². The van der Waals surface area contributed by atoms with E-state index in [1.807, 2.05) is 27.7 Å². The van der Waals surface area contributed by atoms with Crippen LogP contribution in [0.25, 0.3) is 0 Å². The van der Waals surface area contributed by atoms with Crippen LogP contribution < -0.4 is 10.6 Å². The van der Waals surface area contributed by atoms with Crippen LogP contribution in [0, 0.1) is 10.8 Å². The summed E-state index contributed by atoms with van der Waals surface area (Å²) in [6.07, 6.45) is 1.35. The molecule has 0 aliphatic carbocycles. The molecule has 0 spiro atoms. The van der Waals surface area contributed by atoms with E-state index in [4.69, 9.17) is 20.3 Å². The lowest BCUT2D eigenvalue weighted by Gasteiger charge is -2.18. The monoisotopic (exact) mass is 462 g/mol. The highest BCUT2D eigenvalue weighted by Crippen LogP contribution is 2.32. The molecule has 0 aromatic carbocycles. The fraction of sp³-hybridized carbons (Fsp3) is 0.600. The van der Waals surface area contributed by atoms with Gasteiger partial charge >= 0.3 is 0 Å². The highest BCUT2D eigenvalue weighted by Gasteiger charge is 2.39. The molecule has 10 heteroatoms. The van der Waals surface area contributed by atoms with E-state index in [9.17, 15) is 9.59 Å². The van der Waals surface area contributed by atoms with Gasteiger partial charge in [0.1, 0.15) is 22.3 Å². The molecule has 0 aromatic heterocycles. The second kappa shape index (κ2) is 10.3. The average molecular weight is 463 g/mol. The molecule has 0 saturated heterocycles. The molecule has 0 atom stereocenters. The van der Waals surface area contributed by atoms with Crippen LogP contribution in [-0.2, 0) is 19.1 Å². The number of hydrogen-bond donors (Lipinski definition) is 4. The number of ether oxygens (including phenoxy) is 2. The molecule has 2 rings (SSSR count). The molecule has 4 N–H and O–H groups in total. The van der Waals surface area contributed by atoms with Crippen LogP contribution in [0.2, 0.25) is 0 Å². The van der Waals surface area contributed by atoms with Gasteiger partial charge in [0.25, 0.3) is 11.8 Å². The minimum atomic E-state index is -0.632. The van der Waals surface area contributed by atoms with Crippen LogP contribution in [0.1, 0.15) is 54.4 Å². The first-order valence-corrected chi connectivity index (χ1v) is 9.43. The van der Waals surface area contributed by atoms with E-state index >= 15 is 0 Å². The van der Waals surface area contributed by atoms with Crippen LogP contribution in [-0.4, -0.2) is 47.9 Å². The van der Waals surface area contributed by atoms with Gasteiger partial charge in [0.2, 0.25) is 11.8 Å². The Morgan fingerprint density at radius 1 is 0.767 bits per heavy atom. The lowest BCUT2D eigenvalue weighted by molar-refractivity contribution is -0.118. The van der Waals surface area contributed by atoms with Gasteiger partial charge in [0, 0.05) is 13.1 Å². The van der Waals surface area contributed by atoms with Crippen molar-refractivity contribution in [2.24, 2.45) is 0 Å². The van der Waals surface area contributed by atoms with Crippen molar-refractivity contribution >= 4 is 48.4 Å². The average Bonchev–Trinajstić information content (AvgIpc) is 2.90. The topological polar surface area (TPSA) is 124 Å². The molecule has 2 aliphatic heterocycles. The Hall–Kier alpha value is -2.06. The maximum absolute atomic E-state index is 12.3. The Kier molecular flexibility index (Phi) is 9.60. The first-order valence-electron chi connectivity index (χ1n) is 9.43. The second-order valence-electron chi connectivity index (χ2n) is 8.10. The quantitative estimate of drug-likeness (QED) is 0.433. The number of halogens is 2. The van der Waals surface area contributed by atoms with E-state index in [2.05, 4.69) is 10.6 Å². The van der Waals surface area contributed by atoms with Gasteiger partial charge in [-0.15, -0.1) is 24.8 Å². The summed E-state index contributed by atoms with van der Waals surface area (Å²) >= 11 is 0. The molecule has 0 bridgehead atoms. The van der Waals surface area contributed by atoms with E-state index in [1.54, 1.807) is 13.8 Å². The van der Waals surface area contributed by atoms with Crippen molar-refractivity contribution in [3.05, 3.63) is 22.3 Å². The van der Waals surface area contributed by atoms with Crippen molar-refractivity contribution in [1.82, 2.24) is 10.6 Å². The third-order valence-corrected chi connectivity index (χ3v) is 5.35. The van der Waals surface area contributed by atoms with Crippen molar-refractivity contribution < 1.29 is 19.1 Å². The third-order valence-electron chi connectivity index (χ3n) is 5.35. The number of hydrogen-bond acceptors (Lipinski definition) is 6. The third kappa shape index (κ3) is 5.76. The number of carbonyl (C=O) groups is 2. The molecule has 0 radical (unpaired) electrons. The summed E-state index contributed by atoms with van der Waals surface area (Å²) in [5.74, 6) is -0.812. The lowest BCUT2D eigenvalue weighted by Crippen LogP contribution is -2.31. The maximum Gasteiger partial charge on any atom is 0.256 e. The van der Waals surface area contributed by atoms with Gasteiger partial charge in [0.05, 0.1) is 0 Å². The fourth-order valence-corrected chi connectivity index (χ4v) is 3.09. The highest BCUT2D eigenvalue weighted by molar-refractivity contribution is 6.20. The normalized spacial score (nSPS) is 18.9. The van der Waals surface area contributed by atoms with E-state index in [-0.39, 0.29) is 48.4 Å². The zero-order chi connectivity index (χ0) is 21.3. The maximum atomic E-state index is 12.3. The summed E-state index contributed by atoms with van der Waals surface area (Å²) < 4.78 is 10.8. The largest absolute Gasteiger partial charge is 0.467 e. The molecular weight excluding hydrogens is 431 g/mol. The van der Waals surface area contributed by atoms with Crippen LogP contribution >= 0.6 is 24.8 Å². The molecule has 2 aliphatic rings. The summed E-state index contributed by atoms with van der Waals surface area (Å²) in [4.78, 5) is 24.6. The smallest absolute Gasteiger partial charge is 0.256 e. The standard InChI is InChI=1S/C20H30N4O4.2ClH/c1-11-13(15(21)27-19(11,3)4)17(25)23-9-7-8-10-24-18(26)14-12(2)20(5,6)28-16(14)22;;/h21-22H,7-10H2,1-6H3,(H,23,25)(H,24,26);2*1H. The summed E-state index contributed by atoms with van der Waals surface area (Å²) in [6.45, 7) is 11.8. The van der Waals surface area contributed by atoms with Gasteiger partial charge in [-0.2, -0.15) is 0 Å². The molecule has 2 heterocycles. The van der Waals surface area contributed by atoms with Crippen molar-refractivity contribution in [3.63, 3.8) is 0 Å². The van der Waals surface area contributed by atoms with E-state index < -0.39 is 11.2 Å². The van der Waals surface area contributed by atoms with Gasteiger partial charge in [-0.05, 0) is 65.5 Å². The van der Waals surface area contributed by atoms with Gasteiger partial charge in [0.15, 0.2) is 0 Å². The van der Waals surface area contributed by atoms with Crippen molar-refractivity contribution in [1.29, 1.82) is 10.8 Å². The van der Waals surface area contributed by atoms with Crippen LogP contribution in [0.5, 0.6) is 0 Å². The molecular formula is C20H32Cl2N4O4. The number of nitrogens with one attached hydrogen (secondary N) is 4. The minimum absolute atomic E-state index is 0. The Bertz CT molecular complexity index is 735. The summed E-state index contributed by atoms with van der Waals surface area (Å²) in [5.41, 5.74) is 0.816. The number of carbonyl (C=O) groups excluding carboxylic acids is 2. The first kappa shape index (κ1) is 27.9. The zero-order valence-corrected chi connectivity index (χ0v) is 19.9. The van der Waals surface area contributed by atoms with Crippen molar-refractivity contribution in [3.8, 4) is 0 Å². The first-order chi connectivity index (χ1) is 12.9. The predicted molar refractivity (Wildman–Crippen MR) is 121 cm³/mol. The summed E-state index contributed by atoms with van der Waals surface area (Å²) in [7, 11) is 0. The molecule has 2 amide bonds.